The van der Waals surface area contributed by atoms with Crippen molar-refractivity contribution in [3.05, 3.63) is 0 Å². The standard InChI is InChI=1S/C14H26N2O/c1-3-14(7-4-5-8-14)13(17)16-9-6-12(10-16)11(2)15/h11-12H,3-10,15H2,1-2H3. The summed E-state index contributed by atoms with van der Waals surface area (Å²) < 4.78 is 0. The molecule has 2 unspecified atom stereocenters. The minimum Gasteiger partial charge on any atom is -0.342 e. The molecule has 2 N–H and O–H groups in total. The van der Waals surface area contributed by atoms with E-state index in [-0.39, 0.29) is 11.5 Å². The first-order chi connectivity index (χ1) is 8.09. The molecule has 3 heteroatoms. The normalized spacial score (nSPS) is 29.6. The molecular formula is C14H26N2O. The predicted molar refractivity (Wildman–Crippen MR) is 69.5 cm³/mol. The molecule has 1 aliphatic carbocycles. The van der Waals surface area contributed by atoms with Crippen molar-refractivity contribution >= 4 is 5.91 Å². The van der Waals surface area contributed by atoms with Crippen LogP contribution in [0.4, 0.5) is 0 Å². The van der Waals surface area contributed by atoms with Crippen LogP contribution in [-0.4, -0.2) is 29.9 Å². The average Bonchev–Trinajstić information content (AvgIpc) is 2.98. The minimum atomic E-state index is -0.0211. The highest BCUT2D eigenvalue weighted by Crippen LogP contribution is 2.43. The van der Waals surface area contributed by atoms with Gasteiger partial charge < -0.3 is 10.6 Å². The van der Waals surface area contributed by atoms with Crippen molar-refractivity contribution in [3.8, 4) is 0 Å². The summed E-state index contributed by atoms with van der Waals surface area (Å²) in [6.07, 6.45) is 6.74. The summed E-state index contributed by atoms with van der Waals surface area (Å²) in [6, 6.07) is 0.217. The fourth-order valence-electron chi connectivity index (χ4n) is 3.51. The van der Waals surface area contributed by atoms with Gasteiger partial charge in [-0.25, -0.2) is 0 Å². The third-order valence-corrected chi connectivity index (χ3v) is 4.95. The molecule has 0 bridgehead atoms. The fourth-order valence-corrected chi connectivity index (χ4v) is 3.51. The number of carbonyl (C=O) groups is 1. The van der Waals surface area contributed by atoms with Gasteiger partial charge in [-0.1, -0.05) is 19.8 Å². The number of nitrogens with zero attached hydrogens (tertiary/aromatic N) is 1. The molecule has 1 saturated carbocycles. The van der Waals surface area contributed by atoms with Crippen LogP contribution in [0.1, 0.15) is 52.4 Å². The summed E-state index contributed by atoms with van der Waals surface area (Å²) in [7, 11) is 0. The van der Waals surface area contributed by atoms with Crippen molar-refractivity contribution in [2.24, 2.45) is 17.1 Å². The maximum absolute atomic E-state index is 12.7. The fraction of sp³-hybridized carbons (Fsp3) is 0.929. The summed E-state index contributed by atoms with van der Waals surface area (Å²) in [5.41, 5.74) is 5.92. The van der Waals surface area contributed by atoms with Crippen molar-refractivity contribution < 1.29 is 4.79 Å². The third kappa shape index (κ3) is 2.35. The van der Waals surface area contributed by atoms with E-state index in [2.05, 4.69) is 18.7 Å². The second-order valence-electron chi connectivity index (χ2n) is 6.00. The van der Waals surface area contributed by atoms with Crippen LogP contribution >= 0.6 is 0 Å². The molecule has 17 heavy (non-hydrogen) atoms. The number of hydrogen-bond acceptors (Lipinski definition) is 2. The molecule has 1 heterocycles. The number of amides is 1. The Morgan fingerprint density at radius 3 is 2.59 bits per heavy atom. The van der Waals surface area contributed by atoms with E-state index in [4.69, 9.17) is 5.73 Å². The number of hydrogen-bond donors (Lipinski definition) is 1. The van der Waals surface area contributed by atoms with E-state index in [9.17, 15) is 4.79 Å². The first-order valence-corrected chi connectivity index (χ1v) is 7.14. The van der Waals surface area contributed by atoms with Crippen LogP contribution in [0.2, 0.25) is 0 Å². The molecule has 2 aliphatic rings. The van der Waals surface area contributed by atoms with Crippen molar-refractivity contribution in [2.75, 3.05) is 13.1 Å². The lowest BCUT2D eigenvalue weighted by Gasteiger charge is -2.31. The molecule has 0 spiro atoms. The Morgan fingerprint density at radius 2 is 2.12 bits per heavy atom. The summed E-state index contributed by atoms with van der Waals surface area (Å²) in [5.74, 6) is 0.926. The third-order valence-electron chi connectivity index (χ3n) is 4.95. The second-order valence-corrected chi connectivity index (χ2v) is 6.00. The lowest BCUT2D eigenvalue weighted by Crippen LogP contribution is -2.42. The molecule has 0 aromatic carbocycles. The Labute approximate surface area is 105 Å². The molecule has 1 amide bonds. The summed E-state index contributed by atoms with van der Waals surface area (Å²) >= 11 is 0. The first-order valence-electron chi connectivity index (χ1n) is 7.14. The molecular weight excluding hydrogens is 212 g/mol. The minimum absolute atomic E-state index is 0.0211. The molecule has 1 aliphatic heterocycles. The molecule has 0 radical (unpaired) electrons. The average molecular weight is 238 g/mol. The van der Waals surface area contributed by atoms with Gasteiger partial charge in [0.05, 0.1) is 0 Å². The number of carbonyl (C=O) groups excluding carboxylic acids is 1. The van der Waals surface area contributed by atoms with E-state index in [1.165, 1.54) is 12.8 Å². The van der Waals surface area contributed by atoms with Gasteiger partial charge in [-0.15, -0.1) is 0 Å². The number of nitrogens with two attached hydrogens (primary N) is 1. The van der Waals surface area contributed by atoms with E-state index in [1.807, 2.05) is 0 Å². The molecule has 98 valence electrons. The zero-order valence-corrected chi connectivity index (χ0v) is 11.2. The highest BCUT2D eigenvalue weighted by Gasteiger charge is 2.43. The highest BCUT2D eigenvalue weighted by molar-refractivity contribution is 5.83. The number of likely N-dealkylation sites (tertiary alicyclic amines) is 1. The molecule has 0 aromatic heterocycles. The molecule has 2 rings (SSSR count). The second kappa shape index (κ2) is 4.97. The van der Waals surface area contributed by atoms with Gasteiger partial charge in [-0.05, 0) is 38.5 Å². The maximum Gasteiger partial charge on any atom is 0.228 e. The van der Waals surface area contributed by atoms with Crippen LogP contribution in [0, 0.1) is 11.3 Å². The molecule has 2 atom stereocenters. The number of rotatable bonds is 3. The Bertz CT molecular complexity index is 282. The van der Waals surface area contributed by atoms with Gasteiger partial charge in [0.2, 0.25) is 5.91 Å². The Balaban J connectivity index is 2.01. The molecule has 1 saturated heterocycles. The van der Waals surface area contributed by atoms with E-state index >= 15 is 0 Å². The van der Waals surface area contributed by atoms with Crippen LogP contribution < -0.4 is 5.73 Å². The smallest absolute Gasteiger partial charge is 0.228 e. The Morgan fingerprint density at radius 1 is 1.47 bits per heavy atom. The lowest BCUT2D eigenvalue weighted by atomic mass is 9.82. The summed E-state index contributed by atoms with van der Waals surface area (Å²) in [4.78, 5) is 14.7. The van der Waals surface area contributed by atoms with Gasteiger partial charge in [0.25, 0.3) is 0 Å². The van der Waals surface area contributed by atoms with Gasteiger partial charge in [0.1, 0.15) is 0 Å². The zero-order valence-electron chi connectivity index (χ0n) is 11.2. The van der Waals surface area contributed by atoms with Crippen molar-refractivity contribution in [3.63, 3.8) is 0 Å². The monoisotopic (exact) mass is 238 g/mol. The van der Waals surface area contributed by atoms with E-state index in [0.29, 0.717) is 11.8 Å². The lowest BCUT2D eigenvalue weighted by molar-refractivity contribution is -0.141. The quantitative estimate of drug-likeness (QED) is 0.819. The van der Waals surface area contributed by atoms with Crippen LogP contribution in [-0.2, 0) is 4.79 Å². The van der Waals surface area contributed by atoms with Crippen LogP contribution in [0.15, 0.2) is 0 Å². The van der Waals surface area contributed by atoms with Gasteiger partial charge in [-0.2, -0.15) is 0 Å². The van der Waals surface area contributed by atoms with Crippen molar-refractivity contribution in [1.82, 2.24) is 4.90 Å². The van der Waals surface area contributed by atoms with Crippen LogP contribution in [0.5, 0.6) is 0 Å². The summed E-state index contributed by atoms with van der Waals surface area (Å²) in [5, 5.41) is 0. The van der Waals surface area contributed by atoms with Crippen LogP contribution in [0.3, 0.4) is 0 Å². The predicted octanol–water partition coefficient (Wildman–Crippen LogP) is 2.15. The highest BCUT2D eigenvalue weighted by atomic mass is 16.2. The maximum atomic E-state index is 12.7. The zero-order chi connectivity index (χ0) is 12.5. The largest absolute Gasteiger partial charge is 0.342 e. The van der Waals surface area contributed by atoms with E-state index < -0.39 is 0 Å². The summed E-state index contributed by atoms with van der Waals surface area (Å²) in [6.45, 7) is 6.04. The van der Waals surface area contributed by atoms with Gasteiger partial charge in [-0.3, -0.25) is 4.79 Å². The first kappa shape index (κ1) is 12.9. The van der Waals surface area contributed by atoms with E-state index in [0.717, 1.165) is 38.8 Å². The van der Waals surface area contributed by atoms with Gasteiger partial charge >= 0.3 is 0 Å². The van der Waals surface area contributed by atoms with Gasteiger partial charge in [0, 0.05) is 24.5 Å². The van der Waals surface area contributed by atoms with Gasteiger partial charge in [0.15, 0.2) is 0 Å². The van der Waals surface area contributed by atoms with Crippen LogP contribution in [0.25, 0.3) is 0 Å². The SMILES string of the molecule is CCC1(C(=O)N2CCC(C(C)N)C2)CCCC1. The van der Waals surface area contributed by atoms with Crippen molar-refractivity contribution in [2.45, 2.75) is 58.4 Å². The molecule has 0 aromatic rings. The topological polar surface area (TPSA) is 46.3 Å². The van der Waals surface area contributed by atoms with Crippen molar-refractivity contribution in [1.29, 1.82) is 0 Å². The molecule has 3 nitrogen and oxygen atoms in total. The molecule has 2 fully saturated rings. The Kier molecular flexibility index (Phi) is 3.76. The van der Waals surface area contributed by atoms with E-state index in [1.54, 1.807) is 0 Å². The Hall–Kier alpha value is -0.570.